The van der Waals surface area contributed by atoms with Gasteiger partial charge < -0.3 is 4.90 Å². The highest BCUT2D eigenvalue weighted by Crippen LogP contribution is 2.35. The van der Waals surface area contributed by atoms with E-state index in [0.717, 1.165) is 24.9 Å². The van der Waals surface area contributed by atoms with Gasteiger partial charge in [0.2, 0.25) is 15.9 Å². The number of rotatable bonds is 4. The molecule has 1 unspecified atom stereocenters. The number of amides is 1. The second-order valence-corrected chi connectivity index (χ2v) is 9.67. The highest BCUT2D eigenvalue weighted by atomic mass is 32.2. The fourth-order valence-electron chi connectivity index (χ4n) is 4.45. The van der Waals surface area contributed by atoms with Crippen molar-refractivity contribution in [2.45, 2.75) is 36.6 Å². The Hall–Kier alpha value is -2.76. The molecule has 1 aromatic carbocycles. The average Bonchev–Trinajstić information content (AvgIpc) is 3.29. The first-order chi connectivity index (χ1) is 14.5. The number of benzene rings is 1. The fourth-order valence-corrected chi connectivity index (χ4v) is 6.06. The zero-order valence-corrected chi connectivity index (χ0v) is 17.5. The topological polar surface area (TPSA) is 94.4 Å². The van der Waals surface area contributed by atoms with Gasteiger partial charge in [-0.15, -0.1) is 0 Å². The van der Waals surface area contributed by atoms with Crippen molar-refractivity contribution in [3.8, 4) is 6.07 Å². The van der Waals surface area contributed by atoms with Gasteiger partial charge in [-0.3, -0.25) is 9.78 Å². The van der Waals surface area contributed by atoms with Crippen LogP contribution in [0.15, 0.2) is 53.7 Å². The minimum atomic E-state index is -3.75. The number of nitriles is 1. The lowest BCUT2D eigenvalue weighted by molar-refractivity contribution is -0.137. The van der Waals surface area contributed by atoms with E-state index in [1.54, 1.807) is 18.3 Å². The van der Waals surface area contributed by atoms with E-state index >= 15 is 0 Å². The second kappa shape index (κ2) is 8.54. The molecule has 1 amide bonds. The van der Waals surface area contributed by atoms with E-state index in [2.05, 4.69) is 4.98 Å². The predicted molar refractivity (Wildman–Crippen MR) is 111 cm³/mol. The quantitative estimate of drug-likeness (QED) is 0.752. The highest BCUT2D eigenvalue weighted by Gasteiger charge is 2.38. The SMILES string of the molecule is N#Cc1ccccc1S(=O)(=O)N1CCC(C(=O)N2CCCC2c2cccnc2)CC1. The van der Waals surface area contributed by atoms with Crippen LogP contribution in [-0.2, 0) is 14.8 Å². The number of carbonyl (C=O) groups excluding carboxylic acids is 1. The van der Waals surface area contributed by atoms with Gasteiger partial charge in [-0.2, -0.15) is 9.57 Å². The van der Waals surface area contributed by atoms with Gasteiger partial charge in [0.15, 0.2) is 0 Å². The Bertz CT molecular complexity index is 1060. The second-order valence-electron chi connectivity index (χ2n) is 7.76. The molecule has 0 radical (unpaired) electrons. The van der Waals surface area contributed by atoms with E-state index in [1.165, 1.54) is 16.4 Å². The molecule has 2 aliphatic rings. The van der Waals surface area contributed by atoms with Gasteiger partial charge in [0, 0.05) is 37.9 Å². The van der Waals surface area contributed by atoms with Crippen LogP contribution in [-0.4, -0.2) is 48.1 Å². The van der Waals surface area contributed by atoms with Gasteiger partial charge in [0.25, 0.3) is 0 Å². The van der Waals surface area contributed by atoms with Gasteiger partial charge in [-0.25, -0.2) is 8.42 Å². The first-order valence-electron chi connectivity index (χ1n) is 10.2. The van der Waals surface area contributed by atoms with Crippen molar-refractivity contribution in [3.05, 3.63) is 59.9 Å². The number of pyridine rings is 1. The van der Waals surface area contributed by atoms with Crippen LogP contribution in [0.3, 0.4) is 0 Å². The molecule has 0 N–H and O–H groups in total. The van der Waals surface area contributed by atoms with Crippen LogP contribution >= 0.6 is 0 Å². The molecule has 1 aromatic heterocycles. The Labute approximate surface area is 177 Å². The summed E-state index contributed by atoms with van der Waals surface area (Å²) < 4.78 is 27.4. The molecule has 2 aliphatic heterocycles. The van der Waals surface area contributed by atoms with Crippen LogP contribution in [0.4, 0.5) is 0 Å². The van der Waals surface area contributed by atoms with Crippen molar-refractivity contribution >= 4 is 15.9 Å². The Morgan fingerprint density at radius 3 is 2.53 bits per heavy atom. The van der Waals surface area contributed by atoms with Gasteiger partial charge >= 0.3 is 0 Å². The number of piperidine rings is 1. The standard InChI is InChI=1S/C22H24N4O3S/c23-15-18-5-1-2-8-21(18)30(28,29)25-13-9-17(10-14-25)22(27)26-12-4-7-20(26)19-6-3-11-24-16-19/h1-3,5-6,8,11,16-17,20H,4,7,9-10,12-14H2. The molecule has 8 heteroatoms. The molecular weight excluding hydrogens is 400 g/mol. The third-order valence-electron chi connectivity index (χ3n) is 6.03. The lowest BCUT2D eigenvalue weighted by Gasteiger charge is -2.34. The molecule has 30 heavy (non-hydrogen) atoms. The summed E-state index contributed by atoms with van der Waals surface area (Å²) in [4.78, 5) is 19.4. The molecule has 0 spiro atoms. The molecule has 2 aromatic rings. The summed E-state index contributed by atoms with van der Waals surface area (Å²) >= 11 is 0. The summed E-state index contributed by atoms with van der Waals surface area (Å²) in [5.74, 6) is -0.0734. The van der Waals surface area contributed by atoms with Crippen LogP contribution in [0, 0.1) is 17.2 Å². The van der Waals surface area contributed by atoms with Crippen LogP contribution in [0.5, 0.6) is 0 Å². The molecule has 4 rings (SSSR count). The summed E-state index contributed by atoms with van der Waals surface area (Å²) in [6.45, 7) is 1.29. The zero-order valence-electron chi connectivity index (χ0n) is 16.6. The lowest BCUT2D eigenvalue weighted by atomic mass is 9.95. The lowest BCUT2D eigenvalue weighted by Crippen LogP contribution is -2.44. The molecule has 3 heterocycles. The average molecular weight is 425 g/mol. The van der Waals surface area contributed by atoms with E-state index in [-0.39, 0.29) is 41.4 Å². The minimum absolute atomic E-state index is 0.0356. The van der Waals surface area contributed by atoms with Gasteiger partial charge in [-0.1, -0.05) is 18.2 Å². The predicted octanol–water partition coefficient (Wildman–Crippen LogP) is 2.72. The number of aromatic nitrogens is 1. The van der Waals surface area contributed by atoms with Crippen LogP contribution in [0.1, 0.15) is 42.9 Å². The Morgan fingerprint density at radius 2 is 1.83 bits per heavy atom. The van der Waals surface area contributed by atoms with E-state index < -0.39 is 10.0 Å². The fraction of sp³-hybridized carbons (Fsp3) is 0.409. The first kappa shape index (κ1) is 20.5. The maximum Gasteiger partial charge on any atom is 0.244 e. The Balaban J connectivity index is 1.44. The first-order valence-corrected chi connectivity index (χ1v) is 11.7. The molecule has 156 valence electrons. The number of carbonyl (C=O) groups is 1. The zero-order chi connectivity index (χ0) is 21.1. The molecule has 0 saturated carbocycles. The molecule has 1 atom stereocenters. The largest absolute Gasteiger partial charge is 0.335 e. The minimum Gasteiger partial charge on any atom is -0.335 e. The number of likely N-dealkylation sites (tertiary alicyclic amines) is 1. The number of hydrogen-bond donors (Lipinski definition) is 0. The number of sulfonamides is 1. The monoisotopic (exact) mass is 424 g/mol. The molecule has 0 aliphatic carbocycles. The normalized spacial score (nSPS) is 20.8. The number of nitrogens with zero attached hydrogens (tertiary/aromatic N) is 4. The van der Waals surface area contributed by atoms with Gasteiger partial charge in [0.05, 0.1) is 16.5 Å². The highest BCUT2D eigenvalue weighted by molar-refractivity contribution is 7.89. The molecule has 0 bridgehead atoms. The van der Waals surface area contributed by atoms with Gasteiger partial charge in [-0.05, 0) is 49.4 Å². The summed E-state index contributed by atoms with van der Waals surface area (Å²) in [5.41, 5.74) is 1.20. The van der Waals surface area contributed by atoms with E-state index in [9.17, 15) is 18.5 Å². The van der Waals surface area contributed by atoms with Crippen LogP contribution < -0.4 is 0 Å². The van der Waals surface area contributed by atoms with Crippen LogP contribution in [0.25, 0.3) is 0 Å². The Kier molecular flexibility index (Phi) is 5.84. The third-order valence-corrected chi connectivity index (χ3v) is 7.99. The molecule has 2 saturated heterocycles. The number of hydrogen-bond acceptors (Lipinski definition) is 5. The van der Waals surface area contributed by atoms with Crippen molar-refractivity contribution in [2.75, 3.05) is 19.6 Å². The third kappa shape index (κ3) is 3.83. The van der Waals surface area contributed by atoms with E-state index in [4.69, 9.17) is 0 Å². The van der Waals surface area contributed by atoms with Crippen LogP contribution in [0.2, 0.25) is 0 Å². The van der Waals surface area contributed by atoms with E-state index in [1.807, 2.05) is 29.3 Å². The molecular formula is C22H24N4O3S. The summed E-state index contributed by atoms with van der Waals surface area (Å²) in [5, 5.41) is 9.25. The summed E-state index contributed by atoms with van der Waals surface area (Å²) in [7, 11) is -3.75. The summed E-state index contributed by atoms with van der Waals surface area (Å²) in [6.07, 6.45) is 6.41. The van der Waals surface area contributed by atoms with Crippen molar-refractivity contribution in [2.24, 2.45) is 5.92 Å². The van der Waals surface area contributed by atoms with Crippen molar-refractivity contribution in [3.63, 3.8) is 0 Å². The maximum absolute atomic E-state index is 13.2. The van der Waals surface area contributed by atoms with Gasteiger partial charge in [0.1, 0.15) is 6.07 Å². The van der Waals surface area contributed by atoms with Crippen molar-refractivity contribution < 1.29 is 13.2 Å². The van der Waals surface area contributed by atoms with E-state index in [0.29, 0.717) is 12.8 Å². The molecule has 2 fully saturated rings. The Morgan fingerprint density at radius 1 is 1.07 bits per heavy atom. The summed E-state index contributed by atoms with van der Waals surface area (Å²) in [6, 6.07) is 12.1. The van der Waals surface area contributed by atoms with Crippen molar-refractivity contribution in [1.82, 2.24) is 14.2 Å². The van der Waals surface area contributed by atoms with Crippen molar-refractivity contribution in [1.29, 1.82) is 5.26 Å². The molecule has 7 nitrogen and oxygen atoms in total. The maximum atomic E-state index is 13.2. The smallest absolute Gasteiger partial charge is 0.244 e.